The van der Waals surface area contributed by atoms with Crippen molar-refractivity contribution in [2.75, 3.05) is 31.0 Å². The van der Waals surface area contributed by atoms with Crippen LogP contribution in [-0.4, -0.2) is 51.9 Å². The molecule has 7 heteroatoms. The molecule has 0 aliphatic carbocycles. The summed E-state index contributed by atoms with van der Waals surface area (Å²) in [5.41, 5.74) is 3.26. The Hall–Kier alpha value is -2.38. The average molecular weight is 428 g/mol. The first-order valence-electron chi connectivity index (χ1n) is 10.5. The molecule has 1 fully saturated rings. The quantitative estimate of drug-likeness (QED) is 0.814. The van der Waals surface area contributed by atoms with E-state index in [1.807, 2.05) is 24.3 Å². The smallest absolute Gasteiger partial charge is 0.265 e. The number of amides is 1. The van der Waals surface area contributed by atoms with Crippen LogP contribution in [0.1, 0.15) is 38.2 Å². The van der Waals surface area contributed by atoms with Crippen LogP contribution in [0.15, 0.2) is 47.4 Å². The zero-order valence-corrected chi connectivity index (χ0v) is 18.6. The minimum absolute atomic E-state index is 0.0938. The summed E-state index contributed by atoms with van der Waals surface area (Å²) >= 11 is 0. The van der Waals surface area contributed by atoms with Crippen molar-refractivity contribution < 1.29 is 13.2 Å². The van der Waals surface area contributed by atoms with E-state index in [0.29, 0.717) is 17.2 Å². The third-order valence-electron chi connectivity index (χ3n) is 6.07. The molecule has 2 aromatic carbocycles. The molecule has 160 valence electrons. The molecular formula is C23H29N3O3S. The highest BCUT2D eigenvalue weighted by Gasteiger charge is 2.36. The van der Waals surface area contributed by atoms with Gasteiger partial charge in [0.25, 0.3) is 10.0 Å². The zero-order chi connectivity index (χ0) is 21.5. The van der Waals surface area contributed by atoms with E-state index in [1.165, 1.54) is 4.31 Å². The van der Waals surface area contributed by atoms with Gasteiger partial charge in [-0.1, -0.05) is 38.1 Å². The van der Waals surface area contributed by atoms with Crippen molar-refractivity contribution >= 4 is 21.6 Å². The van der Waals surface area contributed by atoms with Crippen molar-refractivity contribution in [3.63, 3.8) is 0 Å². The van der Waals surface area contributed by atoms with E-state index in [-0.39, 0.29) is 23.4 Å². The first-order valence-corrected chi connectivity index (χ1v) is 12.0. The summed E-state index contributed by atoms with van der Waals surface area (Å²) in [4.78, 5) is 15.3. The predicted octanol–water partition coefficient (Wildman–Crippen LogP) is 3.20. The Bertz CT molecular complexity index is 1060. The second kappa shape index (κ2) is 8.04. The van der Waals surface area contributed by atoms with Crippen LogP contribution in [0, 0.1) is 0 Å². The Morgan fingerprint density at radius 1 is 1.10 bits per heavy atom. The Morgan fingerprint density at radius 2 is 1.80 bits per heavy atom. The molecule has 0 saturated carbocycles. The lowest BCUT2D eigenvalue weighted by Crippen LogP contribution is -2.48. The third-order valence-corrected chi connectivity index (χ3v) is 7.89. The molecule has 1 N–H and O–H groups in total. The van der Waals surface area contributed by atoms with Crippen LogP contribution in [0.5, 0.6) is 0 Å². The maximum atomic E-state index is 13.4. The highest BCUT2D eigenvalue weighted by atomic mass is 32.2. The van der Waals surface area contributed by atoms with E-state index in [0.717, 1.165) is 37.1 Å². The normalized spacial score (nSPS) is 18.7. The second-order valence-corrected chi connectivity index (χ2v) is 10.4. The van der Waals surface area contributed by atoms with Crippen LogP contribution in [0.3, 0.4) is 0 Å². The summed E-state index contributed by atoms with van der Waals surface area (Å²) in [5.74, 6) is 0.0635. The molecule has 0 bridgehead atoms. The lowest BCUT2D eigenvalue weighted by molar-refractivity contribution is -0.120. The molecule has 2 heterocycles. The van der Waals surface area contributed by atoms with Gasteiger partial charge in [0.1, 0.15) is 6.54 Å². The van der Waals surface area contributed by atoms with Gasteiger partial charge < -0.3 is 10.2 Å². The number of anilines is 1. The average Bonchev–Trinajstić information content (AvgIpc) is 2.72. The van der Waals surface area contributed by atoms with Gasteiger partial charge in [0.15, 0.2) is 0 Å². The van der Waals surface area contributed by atoms with Crippen LogP contribution in [0.25, 0.3) is 11.1 Å². The first-order chi connectivity index (χ1) is 14.3. The number of carbonyl (C=O) groups excluding carboxylic acids is 1. The van der Waals surface area contributed by atoms with Crippen molar-refractivity contribution in [3.8, 4) is 11.1 Å². The molecule has 0 atom stereocenters. The first kappa shape index (κ1) is 20.9. The Morgan fingerprint density at radius 3 is 2.50 bits per heavy atom. The van der Waals surface area contributed by atoms with Crippen LogP contribution < -0.4 is 9.62 Å². The lowest BCUT2D eigenvalue weighted by atomic mass is 9.95. The van der Waals surface area contributed by atoms with Gasteiger partial charge in [-0.3, -0.25) is 9.10 Å². The monoisotopic (exact) mass is 427 g/mol. The fourth-order valence-corrected chi connectivity index (χ4v) is 5.88. The molecule has 1 saturated heterocycles. The number of hydrogen-bond acceptors (Lipinski definition) is 4. The number of rotatable bonds is 4. The van der Waals surface area contributed by atoms with Gasteiger partial charge >= 0.3 is 0 Å². The number of benzene rings is 2. The van der Waals surface area contributed by atoms with Crippen LogP contribution in [0.2, 0.25) is 0 Å². The largest absolute Gasteiger partial charge is 0.352 e. The fraction of sp³-hybridized carbons (Fsp3) is 0.435. The molecule has 2 aliphatic heterocycles. The van der Waals surface area contributed by atoms with Gasteiger partial charge in [0.05, 0.1) is 10.6 Å². The summed E-state index contributed by atoms with van der Waals surface area (Å²) < 4.78 is 28.1. The molecule has 0 aromatic heterocycles. The molecule has 30 heavy (non-hydrogen) atoms. The molecule has 6 nitrogen and oxygen atoms in total. The Labute approximate surface area is 178 Å². The van der Waals surface area contributed by atoms with E-state index in [2.05, 4.69) is 37.2 Å². The Kier molecular flexibility index (Phi) is 5.59. The SMILES string of the molecule is CC(C)c1ccc2c(c1)-c1ccccc1S(=O)(=O)N2CC(=O)NC1CCN(C)CC1. The van der Waals surface area contributed by atoms with Crippen molar-refractivity contribution in [1.82, 2.24) is 10.2 Å². The van der Waals surface area contributed by atoms with Gasteiger partial charge in [0, 0.05) is 17.2 Å². The lowest BCUT2D eigenvalue weighted by Gasteiger charge is -2.33. The van der Waals surface area contributed by atoms with Gasteiger partial charge in [0.2, 0.25) is 5.91 Å². The van der Waals surface area contributed by atoms with Gasteiger partial charge in [-0.2, -0.15) is 0 Å². The third kappa shape index (κ3) is 3.84. The van der Waals surface area contributed by atoms with Crippen molar-refractivity contribution in [1.29, 1.82) is 0 Å². The van der Waals surface area contributed by atoms with Crippen molar-refractivity contribution in [3.05, 3.63) is 48.0 Å². The van der Waals surface area contributed by atoms with E-state index >= 15 is 0 Å². The number of likely N-dealkylation sites (tertiary alicyclic amines) is 1. The number of fused-ring (bicyclic) bond motifs is 3. The molecule has 1 amide bonds. The van der Waals surface area contributed by atoms with Crippen molar-refractivity contribution in [2.24, 2.45) is 0 Å². The number of sulfonamides is 1. The van der Waals surface area contributed by atoms with E-state index in [9.17, 15) is 13.2 Å². The van der Waals surface area contributed by atoms with Crippen LogP contribution in [-0.2, 0) is 14.8 Å². The van der Waals surface area contributed by atoms with Crippen molar-refractivity contribution in [2.45, 2.75) is 43.5 Å². The summed E-state index contributed by atoms with van der Waals surface area (Å²) in [6.45, 7) is 5.87. The number of nitrogens with zero attached hydrogens (tertiary/aromatic N) is 2. The molecule has 2 aromatic rings. The minimum Gasteiger partial charge on any atom is -0.352 e. The molecule has 2 aliphatic rings. The Balaban J connectivity index is 1.67. The van der Waals surface area contributed by atoms with E-state index < -0.39 is 10.0 Å². The van der Waals surface area contributed by atoms with Gasteiger partial charge in [-0.15, -0.1) is 0 Å². The molecular weight excluding hydrogens is 398 g/mol. The number of nitrogens with one attached hydrogen (secondary N) is 1. The standard InChI is InChI=1S/C23H29N3O3S/c1-16(2)17-8-9-21-20(14-17)19-6-4-5-7-22(19)30(28,29)26(21)15-23(27)24-18-10-12-25(3)13-11-18/h4-9,14,16,18H,10-13,15H2,1-3H3,(H,24,27). The molecule has 0 radical (unpaired) electrons. The van der Waals surface area contributed by atoms with Crippen LogP contribution >= 0.6 is 0 Å². The fourth-order valence-electron chi connectivity index (χ4n) is 4.24. The summed E-state index contributed by atoms with van der Waals surface area (Å²) in [6, 6.07) is 13.0. The highest BCUT2D eigenvalue weighted by molar-refractivity contribution is 7.93. The minimum atomic E-state index is -3.81. The topological polar surface area (TPSA) is 69.7 Å². The predicted molar refractivity (Wildman–Crippen MR) is 119 cm³/mol. The number of hydrogen-bond donors (Lipinski definition) is 1. The van der Waals surface area contributed by atoms with Crippen LogP contribution in [0.4, 0.5) is 5.69 Å². The molecule has 0 unspecified atom stereocenters. The van der Waals surface area contributed by atoms with E-state index in [1.54, 1.807) is 12.1 Å². The summed E-state index contributed by atoms with van der Waals surface area (Å²) in [7, 11) is -1.74. The number of carbonyl (C=O) groups is 1. The summed E-state index contributed by atoms with van der Waals surface area (Å²) in [6.07, 6.45) is 1.76. The van der Waals surface area contributed by atoms with Gasteiger partial charge in [-0.25, -0.2) is 8.42 Å². The van der Waals surface area contributed by atoms with E-state index in [4.69, 9.17) is 0 Å². The molecule has 0 spiro atoms. The van der Waals surface area contributed by atoms with Gasteiger partial charge in [-0.05, 0) is 62.7 Å². The summed E-state index contributed by atoms with van der Waals surface area (Å²) in [5, 5.41) is 3.04. The second-order valence-electron chi connectivity index (χ2n) is 8.58. The number of piperidine rings is 1. The maximum absolute atomic E-state index is 13.4. The highest BCUT2D eigenvalue weighted by Crippen LogP contribution is 2.43. The molecule has 4 rings (SSSR count). The zero-order valence-electron chi connectivity index (χ0n) is 17.8. The maximum Gasteiger partial charge on any atom is 0.265 e.